The number of rotatable bonds is 4. The average Bonchev–Trinajstić information content (AvgIpc) is 2.85. The second-order valence-electron chi connectivity index (χ2n) is 6.98. The Morgan fingerprint density at radius 3 is 2.68 bits per heavy atom. The van der Waals surface area contributed by atoms with E-state index in [0.717, 1.165) is 38.3 Å². The summed E-state index contributed by atoms with van der Waals surface area (Å²) in [5, 5.41) is 8.09. The van der Waals surface area contributed by atoms with Gasteiger partial charge in [-0.15, -0.1) is 0 Å². The topological polar surface area (TPSA) is 39.1 Å². The molecular weight excluding hydrogens is 238 g/mol. The molecule has 0 aliphatic carbocycles. The van der Waals surface area contributed by atoms with Gasteiger partial charge in [0.25, 0.3) is 0 Å². The first-order valence-electron chi connectivity index (χ1n) is 7.12. The van der Waals surface area contributed by atoms with Gasteiger partial charge >= 0.3 is 0 Å². The molecule has 1 aliphatic heterocycles. The molecule has 4 heteroatoms. The third kappa shape index (κ3) is 3.80. The van der Waals surface area contributed by atoms with Gasteiger partial charge in [0.05, 0.1) is 12.3 Å². The standard InChI is InChI=1S/C15H27N3O/c1-12-8-13(18(5)17-12)9-15(6-7-19-11-15)10-16-14(2,3)4/h8,16H,6-7,9-11H2,1-5H3. The Kier molecular flexibility index (Phi) is 4.02. The Hall–Kier alpha value is -0.870. The fourth-order valence-corrected chi connectivity index (χ4v) is 2.66. The lowest BCUT2D eigenvalue weighted by Crippen LogP contribution is -2.45. The van der Waals surface area contributed by atoms with Crippen LogP contribution < -0.4 is 5.32 Å². The molecule has 1 N–H and O–H groups in total. The predicted molar refractivity (Wildman–Crippen MR) is 77.3 cm³/mol. The fourth-order valence-electron chi connectivity index (χ4n) is 2.66. The maximum Gasteiger partial charge on any atom is 0.0596 e. The smallest absolute Gasteiger partial charge is 0.0596 e. The number of aromatic nitrogens is 2. The zero-order valence-electron chi connectivity index (χ0n) is 12.9. The normalized spacial score (nSPS) is 24.1. The quantitative estimate of drug-likeness (QED) is 0.906. The zero-order valence-corrected chi connectivity index (χ0v) is 12.9. The Labute approximate surface area is 116 Å². The molecule has 1 aromatic heterocycles. The van der Waals surface area contributed by atoms with Crippen molar-refractivity contribution in [3.63, 3.8) is 0 Å². The van der Waals surface area contributed by atoms with Crippen LogP contribution in [0.4, 0.5) is 0 Å². The Morgan fingerprint density at radius 1 is 1.47 bits per heavy atom. The lowest BCUT2D eigenvalue weighted by molar-refractivity contribution is 0.142. The van der Waals surface area contributed by atoms with Gasteiger partial charge in [-0.2, -0.15) is 5.10 Å². The molecule has 1 fully saturated rings. The summed E-state index contributed by atoms with van der Waals surface area (Å²) in [6.07, 6.45) is 2.16. The van der Waals surface area contributed by atoms with Gasteiger partial charge in [-0.25, -0.2) is 0 Å². The maximum absolute atomic E-state index is 5.67. The number of hydrogen-bond acceptors (Lipinski definition) is 3. The molecule has 0 spiro atoms. The molecule has 0 aromatic carbocycles. The van der Waals surface area contributed by atoms with E-state index in [1.807, 2.05) is 11.7 Å². The molecule has 0 saturated carbocycles. The number of ether oxygens (including phenoxy) is 1. The maximum atomic E-state index is 5.67. The molecule has 0 bridgehead atoms. The highest BCUT2D eigenvalue weighted by atomic mass is 16.5. The Bertz CT molecular complexity index is 425. The van der Waals surface area contributed by atoms with Crippen molar-refractivity contribution in [2.75, 3.05) is 19.8 Å². The highest BCUT2D eigenvalue weighted by molar-refractivity contribution is 5.12. The van der Waals surface area contributed by atoms with Crippen molar-refractivity contribution in [2.45, 2.75) is 46.1 Å². The fraction of sp³-hybridized carbons (Fsp3) is 0.800. The first-order valence-corrected chi connectivity index (χ1v) is 7.12. The van der Waals surface area contributed by atoms with Gasteiger partial charge in [0.1, 0.15) is 0 Å². The molecule has 1 atom stereocenters. The lowest BCUT2D eigenvalue weighted by Gasteiger charge is -2.32. The van der Waals surface area contributed by atoms with Gasteiger partial charge in [-0.05, 0) is 46.6 Å². The van der Waals surface area contributed by atoms with E-state index >= 15 is 0 Å². The van der Waals surface area contributed by atoms with Crippen molar-refractivity contribution in [2.24, 2.45) is 12.5 Å². The molecule has 0 radical (unpaired) electrons. The first-order chi connectivity index (χ1) is 8.80. The highest BCUT2D eigenvalue weighted by Gasteiger charge is 2.36. The summed E-state index contributed by atoms with van der Waals surface area (Å²) in [7, 11) is 2.03. The minimum atomic E-state index is 0.151. The summed E-state index contributed by atoms with van der Waals surface area (Å²) in [5.74, 6) is 0. The first kappa shape index (κ1) is 14.5. The third-order valence-corrected chi connectivity index (χ3v) is 3.83. The van der Waals surface area contributed by atoms with Crippen LogP contribution in [0.2, 0.25) is 0 Å². The van der Waals surface area contributed by atoms with Crippen molar-refractivity contribution in [1.82, 2.24) is 15.1 Å². The van der Waals surface area contributed by atoms with E-state index in [4.69, 9.17) is 4.74 Å². The van der Waals surface area contributed by atoms with Gasteiger partial charge in [0, 0.05) is 36.8 Å². The van der Waals surface area contributed by atoms with Crippen molar-refractivity contribution in [1.29, 1.82) is 0 Å². The van der Waals surface area contributed by atoms with E-state index in [1.54, 1.807) is 0 Å². The van der Waals surface area contributed by atoms with Crippen LogP contribution in [0.1, 0.15) is 38.6 Å². The van der Waals surface area contributed by atoms with Crippen LogP contribution in [0.25, 0.3) is 0 Å². The summed E-state index contributed by atoms with van der Waals surface area (Å²) in [6, 6.07) is 2.19. The number of nitrogens with zero attached hydrogens (tertiary/aromatic N) is 2. The van der Waals surface area contributed by atoms with Crippen molar-refractivity contribution in [3.8, 4) is 0 Å². The van der Waals surface area contributed by atoms with Gasteiger partial charge in [-0.1, -0.05) is 0 Å². The Morgan fingerprint density at radius 2 is 2.21 bits per heavy atom. The molecule has 2 rings (SSSR count). The van der Waals surface area contributed by atoms with E-state index in [2.05, 4.69) is 44.2 Å². The third-order valence-electron chi connectivity index (χ3n) is 3.83. The largest absolute Gasteiger partial charge is 0.381 e. The van der Waals surface area contributed by atoms with E-state index in [9.17, 15) is 0 Å². The van der Waals surface area contributed by atoms with Crippen LogP contribution in [0.5, 0.6) is 0 Å². The van der Waals surface area contributed by atoms with Crippen LogP contribution in [0.15, 0.2) is 6.07 Å². The van der Waals surface area contributed by atoms with E-state index in [0.29, 0.717) is 0 Å². The molecular formula is C15H27N3O. The van der Waals surface area contributed by atoms with Crippen LogP contribution in [0, 0.1) is 12.3 Å². The predicted octanol–water partition coefficient (Wildman–Crippen LogP) is 2.07. The summed E-state index contributed by atoms with van der Waals surface area (Å²) in [5.41, 5.74) is 2.76. The van der Waals surface area contributed by atoms with Crippen LogP contribution in [-0.4, -0.2) is 35.1 Å². The molecule has 108 valence electrons. The molecule has 2 heterocycles. The van der Waals surface area contributed by atoms with Crippen molar-refractivity contribution in [3.05, 3.63) is 17.5 Å². The second-order valence-corrected chi connectivity index (χ2v) is 6.98. The molecule has 1 aromatic rings. The summed E-state index contributed by atoms with van der Waals surface area (Å²) in [6.45, 7) is 11.4. The van der Waals surface area contributed by atoms with E-state index < -0.39 is 0 Å². The van der Waals surface area contributed by atoms with E-state index in [-0.39, 0.29) is 11.0 Å². The van der Waals surface area contributed by atoms with Crippen LogP contribution >= 0.6 is 0 Å². The van der Waals surface area contributed by atoms with Crippen molar-refractivity contribution >= 4 is 0 Å². The molecule has 0 amide bonds. The summed E-state index contributed by atoms with van der Waals surface area (Å²) >= 11 is 0. The minimum absolute atomic E-state index is 0.151. The SMILES string of the molecule is Cc1cc(CC2(CNC(C)(C)C)CCOC2)n(C)n1. The van der Waals surface area contributed by atoms with Gasteiger partial charge in [0.15, 0.2) is 0 Å². The molecule has 1 aliphatic rings. The minimum Gasteiger partial charge on any atom is -0.381 e. The van der Waals surface area contributed by atoms with Crippen LogP contribution in [0.3, 0.4) is 0 Å². The number of hydrogen-bond donors (Lipinski definition) is 1. The number of aryl methyl sites for hydroxylation is 2. The molecule has 1 saturated heterocycles. The molecule has 4 nitrogen and oxygen atoms in total. The highest BCUT2D eigenvalue weighted by Crippen LogP contribution is 2.32. The molecule has 1 unspecified atom stereocenters. The van der Waals surface area contributed by atoms with Crippen molar-refractivity contribution < 1.29 is 4.74 Å². The van der Waals surface area contributed by atoms with Crippen LogP contribution in [-0.2, 0) is 18.2 Å². The van der Waals surface area contributed by atoms with Gasteiger partial charge in [0.2, 0.25) is 0 Å². The number of nitrogens with one attached hydrogen (secondary N) is 1. The molecule has 19 heavy (non-hydrogen) atoms. The summed E-state index contributed by atoms with van der Waals surface area (Å²) < 4.78 is 7.68. The van der Waals surface area contributed by atoms with Gasteiger partial charge < -0.3 is 10.1 Å². The monoisotopic (exact) mass is 265 g/mol. The van der Waals surface area contributed by atoms with E-state index in [1.165, 1.54) is 5.69 Å². The average molecular weight is 265 g/mol. The summed E-state index contributed by atoms with van der Waals surface area (Å²) in [4.78, 5) is 0. The van der Waals surface area contributed by atoms with Gasteiger partial charge in [-0.3, -0.25) is 4.68 Å². The Balaban J connectivity index is 2.09. The lowest BCUT2D eigenvalue weighted by atomic mass is 9.81. The second kappa shape index (κ2) is 5.25. The zero-order chi connectivity index (χ0) is 14.1.